The van der Waals surface area contributed by atoms with Crippen LogP contribution in [0.2, 0.25) is 0 Å². The number of hydrogen-bond donors (Lipinski definition) is 0. The van der Waals surface area contributed by atoms with Crippen LogP contribution in [0.5, 0.6) is 0 Å². The molecule has 12 heavy (non-hydrogen) atoms. The lowest BCUT2D eigenvalue weighted by Crippen LogP contribution is -2.06. The van der Waals surface area contributed by atoms with Crippen LogP contribution in [0.25, 0.3) is 0 Å². The Morgan fingerprint density at radius 2 is 1.92 bits per heavy atom. The van der Waals surface area contributed by atoms with E-state index in [9.17, 15) is 0 Å². The molecule has 0 spiro atoms. The molecule has 0 rings (SSSR count). The topological polar surface area (TPSA) is 0 Å². The third kappa shape index (κ3) is 6.73. The van der Waals surface area contributed by atoms with Gasteiger partial charge in [-0.05, 0) is 25.7 Å². The molecule has 1 heteroatoms. The van der Waals surface area contributed by atoms with Crippen LogP contribution in [0.4, 0.5) is 0 Å². The number of halogens is 1. The van der Waals surface area contributed by atoms with Crippen molar-refractivity contribution in [3.05, 3.63) is 0 Å². The van der Waals surface area contributed by atoms with E-state index in [1.807, 2.05) is 6.92 Å². The first-order chi connectivity index (χ1) is 5.68. The minimum absolute atomic E-state index is 0.687. The Morgan fingerprint density at radius 1 is 1.25 bits per heavy atom. The van der Waals surface area contributed by atoms with Gasteiger partial charge in [0.1, 0.15) is 0 Å². The third-order valence-corrected chi connectivity index (χ3v) is 3.45. The SMILES string of the molecule is CC#CCCCCC(Br)C(C)C. The van der Waals surface area contributed by atoms with Crippen molar-refractivity contribution < 1.29 is 0 Å². The van der Waals surface area contributed by atoms with Gasteiger partial charge in [0, 0.05) is 11.2 Å². The standard InChI is InChI=1S/C11H19Br/c1-4-5-6-7-8-9-11(12)10(2)3/h10-11H,6-9H2,1-3H3. The smallest absolute Gasteiger partial charge is 0.0168 e. The summed E-state index contributed by atoms with van der Waals surface area (Å²) in [6.45, 7) is 6.41. The summed E-state index contributed by atoms with van der Waals surface area (Å²) in [5.74, 6) is 6.75. The number of rotatable bonds is 5. The zero-order chi connectivity index (χ0) is 9.40. The maximum atomic E-state index is 3.68. The summed E-state index contributed by atoms with van der Waals surface area (Å²) < 4.78 is 0. The van der Waals surface area contributed by atoms with Crippen LogP contribution in [0.3, 0.4) is 0 Å². The zero-order valence-electron chi connectivity index (χ0n) is 8.36. The molecule has 0 N–H and O–H groups in total. The number of alkyl halides is 1. The van der Waals surface area contributed by atoms with E-state index in [0.717, 1.165) is 12.3 Å². The van der Waals surface area contributed by atoms with E-state index in [0.29, 0.717) is 4.83 Å². The first-order valence-corrected chi connectivity index (χ1v) is 5.63. The Morgan fingerprint density at radius 3 is 2.42 bits per heavy atom. The van der Waals surface area contributed by atoms with Crippen LogP contribution < -0.4 is 0 Å². The lowest BCUT2D eigenvalue weighted by atomic mass is 10.0. The van der Waals surface area contributed by atoms with Crippen LogP contribution in [0.1, 0.15) is 46.5 Å². The molecule has 0 aliphatic carbocycles. The van der Waals surface area contributed by atoms with Gasteiger partial charge in [-0.2, -0.15) is 0 Å². The fourth-order valence-corrected chi connectivity index (χ4v) is 1.33. The Bertz CT molecular complexity index is 150. The monoisotopic (exact) mass is 230 g/mol. The van der Waals surface area contributed by atoms with Crippen LogP contribution in [-0.4, -0.2) is 4.83 Å². The molecule has 0 radical (unpaired) electrons. The minimum atomic E-state index is 0.687. The van der Waals surface area contributed by atoms with E-state index < -0.39 is 0 Å². The average Bonchev–Trinajstić information content (AvgIpc) is 2.03. The Labute approximate surface area is 85.3 Å². The van der Waals surface area contributed by atoms with E-state index in [1.54, 1.807) is 0 Å². The van der Waals surface area contributed by atoms with Crippen molar-refractivity contribution in [2.45, 2.75) is 51.3 Å². The highest BCUT2D eigenvalue weighted by molar-refractivity contribution is 9.09. The highest BCUT2D eigenvalue weighted by atomic mass is 79.9. The first-order valence-electron chi connectivity index (χ1n) is 4.72. The molecule has 0 amide bonds. The molecule has 0 nitrogen and oxygen atoms in total. The minimum Gasteiger partial charge on any atom is -0.107 e. The van der Waals surface area contributed by atoms with Crippen molar-refractivity contribution >= 4 is 15.9 Å². The van der Waals surface area contributed by atoms with Crippen molar-refractivity contribution in [2.24, 2.45) is 5.92 Å². The van der Waals surface area contributed by atoms with E-state index in [2.05, 4.69) is 41.6 Å². The number of hydrogen-bond acceptors (Lipinski definition) is 0. The molecule has 0 aromatic carbocycles. The predicted octanol–water partition coefficient (Wildman–Crippen LogP) is 3.99. The summed E-state index contributed by atoms with van der Waals surface area (Å²) in [7, 11) is 0. The quantitative estimate of drug-likeness (QED) is 0.381. The zero-order valence-corrected chi connectivity index (χ0v) is 9.95. The summed E-state index contributed by atoms with van der Waals surface area (Å²) in [5.41, 5.74) is 0. The molecule has 0 fully saturated rings. The van der Waals surface area contributed by atoms with Gasteiger partial charge in [0.15, 0.2) is 0 Å². The van der Waals surface area contributed by atoms with Crippen molar-refractivity contribution in [1.29, 1.82) is 0 Å². The second kappa shape index (κ2) is 7.68. The van der Waals surface area contributed by atoms with E-state index in [-0.39, 0.29) is 0 Å². The van der Waals surface area contributed by atoms with Gasteiger partial charge < -0.3 is 0 Å². The molecule has 70 valence electrons. The van der Waals surface area contributed by atoms with Crippen LogP contribution in [0.15, 0.2) is 0 Å². The van der Waals surface area contributed by atoms with Crippen LogP contribution >= 0.6 is 15.9 Å². The van der Waals surface area contributed by atoms with Gasteiger partial charge in [0.05, 0.1) is 0 Å². The molecule has 0 aromatic heterocycles. The lowest BCUT2D eigenvalue weighted by Gasteiger charge is -2.12. The summed E-state index contributed by atoms with van der Waals surface area (Å²) in [6.07, 6.45) is 4.88. The lowest BCUT2D eigenvalue weighted by molar-refractivity contribution is 0.553. The highest BCUT2D eigenvalue weighted by Gasteiger charge is 2.07. The molecule has 1 atom stereocenters. The normalized spacial score (nSPS) is 12.4. The van der Waals surface area contributed by atoms with Gasteiger partial charge in [-0.3, -0.25) is 0 Å². The fraction of sp³-hybridized carbons (Fsp3) is 0.818. The summed E-state index contributed by atoms with van der Waals surface area (Å²) >= 11 is 3.68. The van der Waals surface area contributed by atoms with E-state index in [1.165, 1.54) is 19.3 Å². The molecule has 0 aromatic rings. The van der Waals surface area contributed by atoms with E-state index in [4.69, 9.17) is 0 Å². The highest BCUT2D eigenvalue weighted by Crippen LogP contribution is 2.18. The molecule has 0 aliphatic rings. The third-order valence-electron chi connectivity index (χ3n) is 1.93. The largest absolute Gasteiger partial charge is 0.107 e. The van der Waals surface area contributed by atoms with Gasteiger partial charge >= 0.3 is 0 Å². The van der Waals surface area contributed by atoms with Crippen LogP contribution in [0, 0.1) is 17.8 Å². The molecule has 0 saturated carbocycles. The molecule has 0 bridgehead atoms. The number of unbranched alkanes of at least 4 members (excludes halogenated alkanes) is 2. The fourth-order valence-electron chi connectivity index (χ4n) is 1.01. The van der Waals surface area contributed by atoms with E-state index >= 15 is 0 Å². The average molecular weight is 231 g/mol. The molecular weight excluding hydrogens is 212 g/mol. The molecule has 0 saturated heterocycles. The molecule has 1 unspecified atom stereocenters. The predicted molar refractivity (Wildman–Crippen MR) is 59.5 cm³/mol. The molecular formula is C11H19Br. The van der Waals surface area contributed by atoms with Gasteiger partial charge in [-0.1, -0.05) is 36.2 Å². The Balaban J connectivity index is 3.23. The van der Waals surface area contributed by atoms with Crippen molar-refractivity contribution in [2.75, 3.05) is 0 Å². The maximum absolute atomic E-state index is 3.68. The molecule has 0 heterocycles. The van der Waals surface area contributed by atoms with Crippen LogP contribution in [-0.2, 0) is 0 Å². The van der Waals surface area contributed by atoms with Gasteiger partial charge in [0.25, 0.3) is 0 Å². The summed E-state index contributed by atoms with van der Waals surface area (Å²) in [6, 6.07) is 0. The van der Waals surface area contributed by atoms with Crippen molar-refractivity contribution in [1.82, 2.24) is 0 Å². The van der Waals surface area contributed by atoms with Crippen molar-refractivity contribution in [3.8, 4) is 11.8 Å². The molecule has 0 aliphatic heterocycles. The second-order valence-corrected chi connectivity index (χ2v) is 4.61. The van der Waals surface area contributed by atoms with Crippen molar-refractivity contribution in [3.63, 3.8) is 0 Å². The Hall–Kier alpha value is 0.0400. The summed E-state index contributed by atoms with van der Waals surface area (Å²) in [4.78, 5) is 0.687. The van der Waals surface area contributed by atoms with Gasteiger partial charge in [-0.15, -0.1) is 11.8 Å². The summed E-state index contributed by atoms with van der Waals surface area (Å²) in [5, 5.41) is 0. The second-order valence-electron chi connectivity index (χ2n) is 3.43. The van der Waals surface area contributed by atoms with Gasteiger partial charge in [-0.25, -0.2) is 0 Å². The van der Waals surface area contributed by atoms with Gasteiger partial charge in [0.2, 0.25) is 0 Å². The maximum Gasteiger partial charge on any atom is 0.0168 e. The first kappa shape index (κ1) is 12.0. The Kier molecular flexibility index (Phi) is 7.70.